The molecule has 1 aromatic carbocycles. The fourth-order valence-electron chi connectivity index (χ4n) is 3.85. The molecule has 0 unspecified atom stereocenters. The molecular formula is C20H27NO2. The van der Waals surface area contributed by atoms with Crippen molar-refractivity contribution in [2.75, 3.05) is 0 Å². The molecule has 1 fully saturated rings. The number of hydrogen-bond donors (Lipinski definition) is 0. The molecule has 0 bridgehead atoms. The number of carbonyl (C=O) groups excluding carboxylic acids is 1. The third kappa shape index (κ3) is 3.20. The average molecular weight is 313 g/mol. The Morgan fingerprint density at radius 3 is 2.30 bits per heavy atom. The number of hydroxylamine groups is 2. The zero-order valence-electron chi connectivity index (χ0n) is 14.4. The summed E-state index contributed by atoms with van der Waals surface area (Å²) in [4.78, 5) is 18.2. The van der Waals surface area contributed by atoms with Gasteiger partial charge >= 0.3 is 0 Å². The SMILES string of the molecule is CC(C)(C)N1OC(c2ccccc2)=C(C=O)[C@@H]1C1CCCCC1. The van der Waals surface area contributed by atoms with Gasteiger partial charge in [0.15, 0.2) is 12.0 Å². The normalized spacial score (nSPS) is 23.9. The molecule has 1 aliphatic carbocycles. The Morgan fingerprint density at radius 1 is 1.09 bits per heavy atom. The Hall–Kier alpha value is -1.61. The van der Waals surface area contributed by atoms with Crippen molar-refractivity contribution < 1.29 is 9.63 Å². The Kier molecular flexibility index (Phi) is 4.58. The second-order valence-electron chi connectivity index (χ2n) is 7.70. The van der Waals surface area contributed by atoms with E-state index < -0.39 is 0 Å². The molecule has 0 aromatic heterocycles. The van der Waals surface area contributed by atoms with Crippen LogP contribution in [0.4, 0.5) is 0 Å². The summed E-state index contributed by atoms with van der Waals surface area (Å²) in [7, 11) is 0. The van der Waals surface area contributed by atoms with E-state index in [2.05, 4.69) is 25.8 Å². The van der Waals surface area contributed by atoms with Gasteiger partial charge in [-0.3, -0.25) is 4.79 Å². The zero-order valence-corrected chi connectivity index (χ0v) is 14.4. The van der Waals surface area contributed by atoms with Crippen molar-refractivity contribution in [3.8, 4) is 0 Å². The van der Waals surface area contributed by atoms with Gasteiger partial charge in [-0.05, 0) is 39.5 Å². The van der Waals surface area contributed by atoms with Crippen LogP contribution in [-0.2, 0) is 9.63 Å². The highest BCUT2D eigenvalue weighted by Crippen LogP contribution is 2.43. The lowest BCUT2D eigenvalue weighted by molar-refractivity contribution is -0.169. The maximum Gasteiger partial charge on any atom is 0.162 e. The minimum absolute atomic E-state index is 0.0722. The van der Waals surface area contributed by atoms with Gasteiger partial charge in [-0.25, -0.2) is 0 Å². The number of hydrogen-bond acceptors (Lipinski definition) is 3. The molecule has 3 nitrogen and oxygen atoms in total. The second-order valence-corrected chi connectivity index (χ2v) is 7.70. The third-order valence-corrected chi connectivity index (χ3v) is 4.94. The van der Waals surface area contributed by atoms with Gasteiger partial charge in [0.2, 0.25) is 0 Å². The van der Waals surface area contributed by atoms with Crippen molar-refractivity contribution in [2.24, 2.45) is 5.92 Å². The fraction of sp³-hybridized carbons (Fsp3) is 0.550. The van der Waals surface area contributed by atoms with Crippen LogP contribution in [-0.4, -0.2) is 22.9 Å². The predicted octanol–water partition coefficient (Wildman–Crippen LogP) is 4.59. The Morgan fingerprint density at radius 2 is 1.74 bits per heavy atom. The molecule has 1 atom stereocenters. The minimum Gasteiger partial charge on any atom is -0.404 e. The van der Waals surface area contributed by atoms with Gasteiger partial charge in [0.25, 0.3) is 0 Å². The smallest absolute Gasteiger partial charge is 0.162 e. The third-order valence-electron chi connectivity index (χ3n) is 4.94. The van der Waals surface area contributed by atoms with E-state index in [4.69, 9.17) is 4.84 Å². The first-order valence-corrected chi connectivity index (χ1v) is 8.74. The lowest BCUT2D eigenvalue weighted by Crippen LogP contribution is -2.48. The Balaban J connectivity index is 2.02. The summed E-state index contributed by atoms with van der Waals surface area (Å²) >= 11 is 0. The standard InChI is InChI=1S/C20H27NO2/c1-20(2,3)21-18(15-10-6-4-7-11-15)17(14-22)19(23-21)16-12-8-5-9-13-16/h5,8-9,12-15,18H,4,6-7,10-11H2,1-3H3/t18-/m0/s1. The van der Waals surface area contributed by atoms with Crippen LogP contribution in [0.2, 0.25) is 0 Å². The number of carbonyl (C=O) groups is 1. The summed E-state index contributed by atoms with van der Waals surface area (Å²) in [5.74, 6) is 1.25. The van der Waals surface area contributed by atoms with E-state index in [0.29, 0.717) is 5.92 Å². The van der Waals surface area contributed by atoms with Crippen LogP contribution in [0.5, 0.6) is 0 Å². The van der Waals surface area contributed by atoms with Crippen LogP contribution in [0.3, 0.4) is 0 Å². The molecule has 1 aromatic rings. The van der Waals surface area contributed by atoms with Gasteiger partial charge in [-0.2, -0.15) is 0 Å². The summed E-state index contributed by atoms with van der Waals surface area (Å²) in [5.41, 5.74) is 1.66. The van der Waals surface area contributed by atoms with E-state index in [-0.39, 0.29) is 11.6 Å². The van der Waals surface area contributed by atoms with Crippen molar-refractivity contribution >= 4 is 12.0 Å². The number of nitrogens with zero attached hydrogens (tertiary/aromatic N) is 1. The maximum atomic E-state index is 12.0. The molecule has 0 saturated heterocycles. The maximum absolute atomic E-state index is 12.0. The minimum atomic E-state index is -0.146. The summed E-state index contributed by atoms with van der Waals surface area (Å²) in [6, 6.07) is 10.1. The summed E-state index contributed by atoms with van der Waals surface area (Å²) in [5, 5.41) is 2.06. The van der Waals surface area contributed by atoms with Crippen LogP contribution < -0.4 is 0 Å². The molecule has 0 radical (unpaired) electrons. The number of aldehydes is 1. The Bertz CT molecular complexity index is 579. The molecule has 124 valence electrons. The van der Waals surface area contributed by atoms with E-state index in [1.807, 2.05) is 30.3 Å². The molecule has 3 rings (SSSR count). The van der Waals surface area contributed by atoms with Gasteiger partial charge < -0.3 is 4.84 Å². The summed E-state index contributed by atoms with van der Waals surface area (Å²) < 4.78 is 0. The Labute approximate surface area is 139 Å². The fourth-order valence-corrected chi connectivity index (χ4v) is 3.85. The van der Waals surface area contributed by atoms with Crippen molar-refractivity contribution in [1.29, 1.82) is 0 Å². The van der Waals surface area contributed by atoms with Crippen molar-refractivity contribution in [1.82, 2.24) is 5.06 Å². The molecule has 2 aliphatic rings. The molecule has 1 heterocycles. The van der Waals surface area contributed by atoms with Crippen LogP contribution in [0.15, 0.2) is 35.9 Å². The lowest BCUT2D eigenvalue weighted by atomic mass is 9.80. The van der Waals surface area contributed by atoms with Gasteiger partial charge in [-0.15, -0.1) is 5.06 Å². The number of benzene rings is 1. The molecule has 0 spiro atoms. The first-order chi connectivity index (χ1) is 11.0. The predicted molar refractivity (Wildman–Crippen MR) is 92.5 cm³/mol. The van der Waals surface area contributed by atoms with Gasteiger partial charge in [0.05, 0.1) is 11.6 Å². The number of rotatable bonds is 3. The van der Waals surface area contributed by atoms with Gasteiger partial charge in [0.1, 0.15) is 0 Å². The van der Waals surface area contributed by atoms with Crippen LogP contribution >= 0.6 is 0 Å². The second kappa shape index (κ2) is 6.48. The largest absolute Gasteiger partial charge is 0.404 e. The van der Waals surface area contributed by atoms with E-state index in [1.165, 1.54) is 32.1 Å². The van der Waals surface area contributed by atoms with E-state index in [9.17, 15) is 4.79 Å². The highest BCUT2D eigenvalue weighted by atomic mass is 16.7. The molecule has 0 amide bonds. The summed E-state index contributed by atoms with van der Waals surface area (Å²) in [6.45, 7) is 6.46. The molecule has 1 aliphatic heterocycles. The van der Waals surface area contributed by atoms with Gasteiger partial charge in [0, 0.05) is 11.1 Å². The van der Waals surface area contributed by atoms with E-state index in [0.717, 1.165) is 23.2 Å². The van der Waals surface area contributed by atoms with Crippen molar-refractivity contribution in [3.05, 3.63) is 41.5 Å². The molecule has 23 heavy (non-hydrogen) atoms. The topological polar surface area (TPSA) is 29.5 Å². The first kappa shape index (κ1) is 16.3. The zero-order chi connectivity index (χ0) is 16.4. The molecule has 1 saturated carbocycles. The molecule has 0 N–H and O–H groups in total. The molecule has 3 heteroatoms. The van der Waals surface area contributed by atoms with Crippen LogP contribution in [0.1, 0.15) is 58.4 Å². The van der Waals surface area contributed by atoms with Crippen LogP contribution in [0, 0.1) is 5.92 Å². The lowest BCUT2D eigenvalue weighted by Gasteiger charge is -2.40. The highest BCUT2D eigenvalue weighted by molar-refractivity contribution is 5.88. The van der Waals surface area contributed by atoms with Gasteiger partial charge in [-0.1, -0.05) is 49.6 Å². The monoisotopic (exact) mass is 313 g/mol. The highest BCUT2D eigenvalue weighted by Gasteiger charge is 2.45. The van der Waals surface area contributed by atoms with E-state index >= 15 is 0 Å². The van der Waals surface area contributed by atoms with Crippen molar-refractivity contribution in [3.63, 3.8) is 0 Å². The van der Waals surface area contributed by atoms with Crippen molar-refractivity contribution in [2.45, 2.75) is 64.5 Å². The average Bonchev–Trinajstić information content (AvgIpc) is 2.96. The molecular weight excluding hydrogens is 286 g/mol. The first-order valence-electron chi connectivity index (χ1n) is 8.74. The summed E-state index contributed by atoms with van der Waals surface area (Å²) in [6.07, 6.45) is 7.20. The van der Waals surface area contributed by atoms with E-state index in [1.54, 1.807) is 0 Å². The van der Waals surface area contributed by atoms with Crippen LogP contribution in [0.25, 0.3) is 5.76 Å². The quantitative estimate of drug-likeness (QED) is 0.764.